The quantitative estimate of drug-likeness (QED) is 0.558. The fourth-order valence-electron chi connectivity index (χ4n) is 2.31. The molecule has 2 aromatic carbocycles. The lowest BCUT2D eigenvalue weighted by atomic mass is 10.0. The number of benzene rings is 2. The second-order valence-corrected chi connectivity index (χ2v) is 4.50. The van der Waals surface area contributed by atoms with Crippen LogP contribution in [0, 0.1) is 10.1 Å². The molecule has 0 spiro atoms. The van der Waals surface area contributed by atoms with Crippen LogP contribution in [0.3, 0.4) is 0 Å². The molecule has 0 atom stereocenters. The number of non-ortho nitro benzene ring substituents is 1. The average Bonchev–Trinajstić information content (AvgIpc) is 2.47. The zero-order valence-corrected chi connectivity index (χ0v) is 10.7. The Hall–Kier alpha value is -3.15. The molecule has 0 aliphatic heterocycles. The van der Waals surface area contributed by atoms with Crippen LogP contribution in [0.4, 0.5) is 5.69 Å². The molecule has 0 radical (unpaired) electrons. The smallest absolute Gasteiger partial charge is 0.293 e. The zero-order valence-electron chi connectivity index (χ0n) is 10.7. The summed E-state index contributed by atoms with van der Waals surface area (Å²) in [5.41, 5.74) is -0.155. The molecule has 2 N–H and O–H groups in total. The Morgan fingerprint density at radius 3 is 2.43 bits per heavy atom. The van der Waals surface area contributed by atoms with E-state index < -0.39 is 10.5 Å². The number of nitro benzene ring substituents is 1. The first kappa shape index (κ1) is 12.9. The van der Waals surface area contributed by atoms with Crippen molar-refractivity contribution < 1.29 is 10.0 Å². The van der Waals surface area contributed by atoms with Crippen LogP contribution >= 0.6 is 0 Å². The number of fused-ring (bicyclic) bond motifs is 1. The van der Waals surface area contributed by atoms with Crippen molar-refractivity contribution in [1.82, 2.24) is 4.98 Å². The third-order valence-corrected chi connectivity index (χ3v) is 3.26. The number of aromatic nitrogens is 1. The monoisotopic (exact) mass is 282 g/mol. The fraction of sp³-hybridized carbons (Fsp3) is 0. The molecule has 0 amide bonds. The van der Waals surface area contributed by atoms with Gasteiger partial charge in [-0.1, -0.05) is 36.4 Å². The molecular weight excluding hydrogens is 272 g/mol. The van der Waals surface area contributed by atoms with Crippen molar-refractivity contribution in [3.05, 3.63) is 69.0 Å². The van der Waals surface area contributed by atoms with E-state index in [1.165, 1.54) is 18.2 Å². The third-order valence-electron chi connectivity index (χ3n) is 3.26. The third kappa shape index (κ3) is 2.02. The molecule has 21 heavy (non-hydrogen) atoms. The van der Waals surface area contributed by atoms with Gasteiger partial charge >= 0.3 is 0 Å². The van der Waals surface area contributed by atoms with E-state index >= 15 is 0 Å². The van der Waals surface area contributed by atoms with Crippen LogP contribution in [-0.2, 0) is 0 Å². The summed E-state index contributed by atoms with van der Waals surface area (Å²) in [5.74, 6) is -0.261. The van der Waals surface area contributed by atoms with Gasteiger partial charge in [-0.25, -0.2) is 0 Å². The largest absolute Gasteiger partial charge is 0.506 e. The highest BCUT2D eigenvalue weighted by Gasteiger charge is 2.19. The Labute approximate surface area is 118 Å². The van der Waals surface area contributed by atoms with Gasteiger partial charge in [0.15, 0.2) is 0 Å². The topological polar surface area (TPSA) is 96.2 Å². The Kier molecular flexibility index (Phi) is 2.91. The van der Waals surface area contributed by atoms with Crippen molar-refractivity contribution in [3.63, 3.8) is 0 Å². The molecule has 0 saturated heterocycles. The Bertz CT molecular complexity index is 901. The summed E-state index contributed by atoms with van der Waals surface area (Å²) in [6.07, 6.45) is 0. The van der Waals surface area contributed by atoms with E-state index in [-0.39, 0.29) is 27.9 Å². The zero-order chi connectivity index (χ0) is 15.0. The standard InChI is InChI=1S/C15H10N2O4/c18-14-10-7-4-8-11(17(20)21)13(10)16-15(19)12(14)9-5-2-1-3-6-9/h1-8H,(H2,16,18,19). The van der Waals surface area contributed by atoms with Gasteiger partial charge in [0.05, 0.1) is 10.5 Å². The summed E-state index contributed by atoms with van der Waals surface area (Å²) in [6, 6.07) is 12.9. The minimum Gasteiger partial charge on any atom is -0.506 e. The van der Waals surface area contributed by atoms with Gasteiger partial charge in [-0.3, -0.25) is 14.9 Å². The molecule has 6 heteroatoms. The summed E-state index contributed by atoms with van der Waals surface area (Å²) in [6.45, 7) is 0. The Balaban J connectivity index is 2.41. The molecule has 0 aliphatic carbocycles. The van der Waals surface area contributed by atoms with Gasteiger partial charge in [0.1, 0.15) is 11.3 Å². The first-order valence-electron chi connectivity index (χ1n) is 6.17. The van der Waals surface area contributed by atoms with Crippen LogP contribution in [0.1, 0.15) is 0 Å². The number of aromatic hydroxyl groups is 1. The molecule has 1 aromatic heterocycles. The van der Waals surface area contributed by atoms with Crippen molar-refractivity contribution in [2.24, 2.45) is 0 Å². The predicted octanol–water partition coefficient (Wildman–Crippen LogP) is 2.81. The van der Waals surface area contributed by atoms with E-state index in [4.69, 9.17) is 0 Å². The summed E-state index contributed by atoms with van der Waals surface area (Å²) in [4.78, 5) is 25.1. The number of H-pyrrole nitrogens is 1. The Morgan fingerprint density at radius 2 is 1.76 bits per heavy atom. The highest BCUT2D eigenvalue weighted by atomic mass is 16.6. The summed E-state index contributed by atoms with van der Waals surface area (Å²) < 4.78 is 0. The Morgan fingerprint density at radius 1 is 1.05 bits per heavy atom. The van der Waals surface area contributed by atoms with E-state index in [2.05, 4.69) is 4.98 Å². The van der Waals surface area contributed by atoms with Crippen LogP contribution in [-0.4, -0.2) is 15.0 Å². The van der Waals surface area contributed by atoms with Crippen molar-refractivity contribution >= 4 is 16.6 Å². The van der Waals surface area contributed by atoms with E-state index in [0.29, 0.717) is 5.56 Å². The van der Waals surface area contributed by atoms with Crippen LogP contribution in [0.25, 0.3) is 22.0 Å². The summed E-state index contributed by atoms with van der Waals surface area (Å²) >= 11 is 0. The van der Waals surface area contributed by atoms with Gasteiger partial charge in [-0.05, 0) is 11.6 Å². The van der Waals surface area contributed by atoms with Crippen LogP contribution in [0.15, 0.2) is 53.3 Å². The van der Waals surface area contributed by atoms with Crippen LogP contribution in [0.5, 0.6) is 5.75 Å². The highest BCUT2D eigenvalue weighted by molar-refractivity contribution is 5.96. The second-order valence-electron chi connectivity index (χ2n) is 4.50. The molecule has 3 aromatic rings. The predicted molar refractivity (Wildman–Crippen MR) is 78.3 cm³/mol. The number of para-hydroxylation sites is 1. The molecule has 0 fully saturated rings. The van der Waals surface area contributed by atoms with E-state index in [9.17, 15) is 20.0 Å². The number of aromatic amines is 1. The molecule has 0 saturated carbocycles. The van der Waals surface area contributed by atoms with Crippen LogP contribution in [0.2, 0.25) is 0 Å². The van der Waals surface area contributed by atoms with Gasteiger partial charge in [0.2, 0.25) is 0 Å². The number of nitrogens with one attached hydrogen (secondary N) is 1. The lowest BCUT2D eigenvalue weighted by Gasteiger charge is -2.07. The number of hydrogen-bond donors (Lipinski definition) is 2. The van der Waals surface area contributed by atoms with Crippen LogP contribution < -0.4 is 5.56 Å². The summed E-state index contributed by atoms with van der Waals surface area (Å²) in [5, 5.41) is 21.6. The first-order chi connectivity index (χ1) is 10.1. The number of hydrogen-bond acceptors (Lipinski definition) is 4. The highest BCUT2D eigenvalue weighted by Crippen LogP contribution is 2.34. The molecule has 1 heterocycles. The van der Waals surface area contributed by atoms with Gasteiger partial charge in [-0.15, -0.1) is 0 Å². The average molecular weight is 282 g/mol. The van der Waals surface area contributed by atoms with Gasteiger partial charge in [-0.2, -0.15) is 0 Å². The van der Waals surface area contributed by atoms with Crippen molar-refractivity contribution in [2.75, 3.05) is 0 Å². The minimum absolute atomic E-state index is 0.0182. The molecular formula is C15H10N2O4. The maximum absolute atomic E-state index is 12.2. The molecule has 6 nitrogen and oxygen atoms in total. The second kappa shape index (κ2) is 4.75. The SMILES string of the molecule is O=c1[nH]c2c([N+](=O)[O-])cccc2c(O)c1-c1ccccc1. The van der Waals surface area contributed by atoms with Crippen molar-refractivity contribution in [2.45, 2.75) is 0 Å². The minimum atomic E-state index is -0.597. The van der Waals surface area contributed by atoms with Gasteiger partial charge in [0, 0.05) is 11.5 Å². The first-order valence-corrected chi connectivity index (χ1v) is 6.17. The normalized spacial score (nSPS) is 10.7. The summed E-state index contributed by atoms with van der Waals surface area (Å²) in [7, 11) is 0. The molecule has 0 unspecified atom stereocenters. The van der Waals surface area contributed by atoms with E-state index in [1.807, 2.05) is 0 Å². The maximum Gasteiger partial charge on any atom is 0.293 e. The lowest BCUT2D eigenvalue weighted by molar-refractivity contribution is -0.383. The number of nitrogens with zero attached hydrogens (tertiary/aromatic N) is 1. The number of pyridine rings is 1. The lowest BCUT2D eigenvalue weighted by Crippen LogP contribution is -2.10. The molecule has 3 rings (SSSR count). The maximum atomic E-state index is 12.2. The molecule has 0 bridgehead atoms. The van der Waals surface area contributed by atoms with Crippen molar-refractivity contribution in [3.8, 4) is 16.9 Å². The molecule has 0 aliphatic rings. The van der Waals surface area contributed by atoms with Gasteiger partial charge in [0.25, 0.3) is 11.2 Å². The van der Waals surface area contributed by atoms with Gasteiger partial charge < -0.3 is 10.1 Å². The fourth-order valence-corrected chi connectivity index (χ4v) is 2.31. The van der Waals surface area contributed by atoms with Crippen molar-refractivity contribution in [1.29, 1.82) is 0 Å². The van der Waals surface area contributed by atoms with E-state index in [1.54, 1.807) is 30.3 Å². The number of rotatable bonds is 2. The van der Waals surface area contributed by atoms with E-state index in [0.717, 1.165) is 0 Å². The molecule has 104 valence electrons. The number of nitro groups is 1.